The number of hydrogen-bond donors (Lipinski definition) is 2. The topological polar surface area (TPSA) is 63.5 Å². The Bertz CT molecular complexity index is 299. The van der Waals surface area contributed by atoms with Gasteiger partial charge in [0.1, 0.15) is 5.76 Å². The lowest BCUT2D eigenvalue weighted by Gasteiger charge is -2.05. The van der Waals surface area contributed by atoms with Crippen LogP contribution in [0.15, 0.2) is 22.8 Å². The van der Waals surface area contributed by atoms with E-state index in [4.69, 9.17) is 9.15 Å². The van der Waals surface area contributed by atoms with Crippen molar-refractivity contribution >= 4 is 5.91 Å². The Labute approximate surface area is 102 Å². The van der Waals surface area contributed by atoms with Gasteiger partial charge in [-0.2, -0.15) is 0 Å². The van der Waals surface area contributed by atoms with Crippen LogP contribution >= 0.6 is 0 Å². The zero-order chi connectivity index (χ0) is 12.3. The predicted molar refractivity (Wildman–Crippen MR) is 64.5 cm³/mol. The lowest BCUT2D eigenvalue weighted by Crippen LogP contribution is -2.34. The normalized spacial score (nSPS) is 10.4. The van der Waals surface area contributed by atoms with Gasteiger partial charge in [0.05, 0.1) is 19.4 Å². The van der Waals surface area contributed by atoms with Crippen LogP contribution in [0.4, 0.5) is 0 Å². The third-order valence-electron chi connectivity index (χ3n) is 2.16. The quantitative estimate of drug-likeness (QED) is 0.630. The van der Waals surface area contributed by atoms with Crippen LogP contribution in [-0.2, 0) is 16.1 Å². The molecule has 0 bridgehead atoms. The maximum atomic E-state index is 11.4. The van der Waals surface area contributed by atoms with Crippen molar-refractivity contribution in [1.82, 2.24) is 10.6 Å². The molecule has 5 nitrogen and oxygen atoms in total. The Morgan fingerprint density at radius 2 is 2.41 bits per heavy atom. The minimum atomic E-state index is -0.00643. The number of ether oxygens (including phenoxy) is 1. The zero-order valence-electron chi connectivity index (χ0n) is 10.2. The first kappa shape index (κ1) is 13.7. The first-order valence-corrected chi connectivity index (χ1v) is 5.90. The molecule has 1 rings (SSSR count). The Kier molecular flexibility index (Phi) is 7.09. The van der Waals surface area contributed by atoms with Crippen LogP contribution in [0.5, 0.6) is 0 Å². The molecule has 5 heteroatoms. The predicted octanol–water partition coefficient (Wildman–Crippen LogP) is 0.912. The van der Waals surface area contributed by atoms with Crippen LogP contribution in [-0.4, -0.2) is 32.2 Å². The van der Waals surface area contributed by atoms with E-state index in [9.17, 15) is 4.79 Å². The molecule has 0 fully saturated rings. The molecular formula is C12H20N2O3. The van der Waals surface area contributed by atoms with Crippen molar-refractivity contribution in [1.29, 1.82) is 0 Å². The van der Waals surface area contributed by atoms with Crippen LogP contribution in [0.25, 0.3) is 0 Å². The second-order valence-electron chi connectivity index (χ2n) is 3.58. The van der Waals surface area contributed by atoms with E-state index in [-0.39, 0.29) is 5.91 Å². The molecule has 0 atom stereocenters. The molecule has 0 saturated carbocycles. The average Bonchev–Trinajstić information content (AvgIpc) is 2.82. The van der Waals surface area contributed by atoms with E-state index in [0.29, 0.717) is 26.2 Å². The summed E-state index contributed by atoms with van der Waals surface area (Å²) in [6, 6.07) is 3.69. The number of furan rings is 1. The van der Waals surface area contributed by atoms with Gasteiger partial charge in [-0.1, -0.05) is 0 Å². The van der Waals surface area contributed by atoms with Gasteiger partial charge in [0.15, 0.2) is 0 Å². The highest BCUT2D eigenvalue weighted by Crippen LogP contribution is 1.97. The summed E-state index contributed by atoms with van der Waals surface area (Å²) in [7, 11) is 0. The number of nitrogens with one attached hydrogen (secondary N) is 2. The summed E-state index contributed by atoms with van der Waals surface area (Å²) in [6.07, 6.45) is 2.46. The van der Waals surface area contributed by atoms with E-state index in [1.165, 1.54) is 0 Å². The molecule has 0 radical (unpaired) electrons. The van der Waals surface area contributed by atoms with Gasteiger partial charge in [-0.3, -0.25) is 4.79 Å². The molecule has 0 aliphatic heterocycles. The van der Waals surface area contributed by atoms with E-state index >= 15 is 0 Å². The Balaban J connectivity index is 1.94. The van der Waals surface area contributed by atoms with Crippen molar-refractivity contribution in [3.05, 3.63) is 24.2 Å². The summed E-state index contributed by atoms with van der Waals surface area (Å²) in [6.45, 7) is 4.89. The van der Waals surface area contributed by atoms with Gasteiger partial charge in [0.2, 0.25) is 5.91 Å². The molecule has 0 aromatic carbocycles. The summed E-state index contributed by atoms with van der Waals surface area (Å²) in [5, 5.41) is 5.81. The average molecular weight is 240 g/mol. The van der Waals surface area contributed by atoms with Crippen molar-refractivity contribution < 1.29 is 13.9 Å². The van der Waals surface area contributed by atoms with Gasteiger partial charge in [0, 0.05) is 19.8 Å². The first-order chi connectivity index (χ1) is 8.33. The molecule has 0 spiro atoms. The van der Waals surface area contributed by atoms with Crippen LogP contribution in [0, 0.1) is 0 Å². The largest absolute Gasteiger partial charge is 0.468 e. The molecule has 0 saturated heterocycles. The molecule has 1 aromatic rings. The molecule has 2 N–H and O–H groups in total. The fourth-order valence-corrected chi connectivity index (χ4v) is 1.32. The van der Waals surface area contributed by atoms with Crippen LogP contribution in [0.2, 0.25) is 0 Å². The smallest absolute Gasteiger partial charge is 0.233 e. The first-order valence-electron chi connectivity index (χ1n) is 5.90. The lowest BCUT2D eigenvalue weighted by molar-refractivity contribution is -0.120. The van der Waals surface area contributed by atoms with Crippen molar-refractivity contribution in [2.24, 2.45) is 0 Å². The van der Waals surface area contributed by atoms with Crippen LogP contribution in [0.3, 0.4) is 0 Å². The van der Waals surface area contributed by atoms with E-state index in [2.05, 4.69) is 10.6 Å². The van der Waals surface area contributed by atoms with Gasteiger partial charge in [-0.25, -0.2) is 0 Å². The fraction of sp³-hybridized carbons (Fsp3) is 0.583. The molecule has 0 aliphatic carbocycles. The third kappa shape index (κ3) is 6.76. The van der Waals surface area contributed by atoms with Gasteiger partial charge in [0.25, 0.3) is 0 Å². The maximum absolute atomic E-state index is 11.4. The second-order valence-corrected chi connectivity index (χ2v) is 3.58. The highest BCUT2D eigenvalue weighted by Gasteiger charge is 2.00. The lowest BCUT2D eigenvalue weighted by atomic mass is 10.4. The molecule has 0 aliphatic rings. The number of hydrogen-bond acceptors (Lipinski definition) is 4. The fourth-order valence-electron chi connectivity index (χ4n) is 1.32. The minimum Gasteiger partial charge on any atom is -0.468 e. The molecule has 1 aromatic heterocycles. The minimum absolute atomic E-state index is 0.00643. The summed E-state index contributed by atoms with van der Waals surface area (Å²) in [5.74, 6) is 0.821. The van der Waals surface area contributed by atoms with Crippen LogP contribution < -0.4 is 10.6 Å². The van der Waals surface area contributed by atoms with E-state index in [0.717, 1.165) is 18.8 Å². The van der Waals surface area contributed by atoms with E-state index in [1.807, 2.05) is 19.1 Å². The van der Waals surface area contributed by atoms with Gasteiger partial charge in [-0.15, -0.1) is 0 Å². The van der Waals surface area contributed by atoms with E-state index in [1.54, 1.807) is 6.26 Å². The molecule has 0 unspecified atom stereocenters. The van der Waals surface area contributed by atoms with E-state index < -0.39 is 0 Å². The van der Waals surface area contributed by atoms with Crippen molar-refractivity contribution in [2.75, 3.05) is 26.3 Å². The second kappa shape index (κ2) is 8.78. The highest BCUT2D eigenvalue weighted by molar-refractivity contribution is 5.77. The Hall–Kier alpha value is -1.33. The third-order valence-corrected chi connectivity index (χ3v) is 2.16. The summed E-state index contributed by atoms with van der Waals surface area (Å²) >= 11 is 0. The highest BCUT2D eigenvalue weighted by atomic mass is 16.5. The van der Waals surface area contributed by atoms with Gasteiger partial charge >= 0.3 is 0 Å². The molecule has 1 heterocycles. The molecule has 96 valence electrons. The molecule has 1 amide bonds. The van der Waals surface area contributed by atoms with Crippen molar-refractivity contribution in [3.8, 4) is 0 Å². The van der Waals surface area contributed by atoms with Gasteiger partial charge in [-0.05, 0) is 25.5 Å². The standard InChI is InChI=1S/C12H20N2O3/c1-2-16-7-4-6-14-12(15)10-13-9-11-5-3-8-17-11/h3,5,8,13H,2,4,6-7,9-10H2,1H3,(H,14,15). The Morgan fingerprint density at radius 3 is 3.12 bits per heavy atom. The molecular weight excluding hydrogens is 220 g/mol. The zero-order valence-corrected chi connectivity index (χ0v) is 10.2. The van der Waals surface area contributed by atoms with Gasteiger partial charge < -0.3 is 19.8 Å². The maximum Gasteiger partial charge on any atom is 0.233 e. The number of rotatable bonds is 9. The number of carbonyl (C=O) groups excluding carboxylic acids is 1. The SMILES string of the molecule is CCOCCCNC(=O)CNCc1ccco1. The number of amides is 1. The summed E-state index contributed by atoms with van der Waals surface area (Å²) < 4.78 is 10.3. The van der Waals surface area contributed by atoms with Crippen molar-refractivity contribution in [3.63, 3.8) is 0 Å². The van der Waals surface area contributed by atoms with Crippen molar-refractivity contribution in [2.45, 2.75) is 19.9 Å². The monoisotopic (exact) mass is 240 g/mol. The van der Waals surface area contributed by atoms with Crippen LogP contribution in [0.1, 0.15) is 19.1 Å². The summed E-state index contributed by atoms with van der Waals surface area (Å²) in [5.41, 5.74) is 0. The Morgan fingerprint density at radius 1 is 1.53 bits per heavy atom. The number of carbonyl (C=O) groups is 1. The molecule has 17 heavy (non-hydrogen) atoms. The summed E-state index contributed by atoms with van der Waals surface area (Å²) in [4.78, 5) is 11.4.